The first-order chi connectivity index (χ1) is 9.39. The van der Waals surface area contributed by atoms with Crippen LogP contribution in [0.1, 0.15) is 33.1 Å². The number of carbonyl (C=O) groups excluding carboxylic acids is 1. The molecular weight excluding hydrogens is 292 g/mol. The lowest BCUT2D eigenvalue weighted by Crippen LogP contribution is -2.55. The fraction of sp³-hybridized carbons (Fsp3) is 0.533. The molecule has 20 heavy (non-hydrogen) atoms. The predicted molar refractivity (Wildman–Crippen MR) is 85.1 cm³/mol. The lowest BCUT2D eigenvalue weighted by atomic mass is 9.95. The number of primary amides is 1. The quantitative estimate of drug-likeness (QED) is 0.760. The molecular formula is C15H21ClN2OS. The molecule has 1 aromatic carbocycles. The Morgan fingerprint density at radius 3 is 2.60 bits per heavy atom. The van der Waals surface area contributed by atoms with E-state index in [1.807, 2.05) is 31.2 Å². The number of nitrogens with one attached hydrogen (secondary N) is 1. The van der Waals surface area contributed by atoms with E-state index in [9.17, 15) is 4.79 Å². The van der Waals surface area contributed by atoms with Crippen molar-refractivity contribution in [1.29, 1.82) is 0 Å². The van der Waals surface area contributed by atoms with E-state index in [-0.39, 0.29) is 5.91 Å². The maximum absolute atomic E-state index is 11.8. The highest BCUT2D eigenvalue weighted by Crippen LogP contribution is 2.31. The molecule has 0 saturated heterocycles. The first-order valence-electron chi connectivity index (χ1n) is 6.89. The third-order valence-corrected chi connectivity index (χ3v) is 4.86. The highest BCUT2D eigenvalue weighted by atomic mass is 35.5. The van der Waals surface area contributed by atoms with E-state index in [1.165, 1.54) is 0 Å². The van der Waals surface area contributed by atoms with Gasteiger partial charge >= 0.3 is 0 Å². The van der Waals surface area contributed by atoms with Gasteiger partial charge in [-0.05, 0) is 50.5 Å². The van der Waals surface area contributed by atoms with Crippen molar-refractivity contribution in [3.63, 3.8) is 0 Å². The van der Waals surface area contributed by atoms with Crippen LogP contribution in [0.15, 0.2) is 29.2 Å². The Morgan fingerprint density at radius 1 is 1.50 bits per heavy atom. The number of hydrogen-bond acceptors (Lipinski definition) is 3. The second-order valence-electron chi connectivity index (χ2n) is 5.70. The summed E-state index contributed by atoms with van der Waals surface area (Å²) in [4.78, 5) is 12.9. The zero-order valence-corrected chi connectivity index (χ0v) is 13.4. The number of thioether (sulfide) groups is 1. The Balaban J connectivity index is 1.95. The van der Waals surface area contributed by atoms with Crippen LogP contribution in [0.4, 0.5) is 0 Å². The second-order valence-corrected chi connectivity index (χ2v) is 7.65. The summed E-state index contributed by atoms with van der Waals surface area (Å²) < 4.78 is 0. The third-order valence-electron chi connectivity index (χ3n) is 3.49. The minimum Gasteiger partial charge on any atom is -0.368 e. The number of rotatable bonds is 7. The van der Waals surface area contributed by atoms with Crippen LogP contribution >= 0.6 is 23.4 Å². The van der Waals surface area contributed by atoms with Gasteiger partial charge in [0, 0.05) is 21.2 Å². The van der Waals surface area contributed by atoms with E-state index >= 15 is 0 Å². The molecule has 1 saturated carbocycles. The lowest BCUT2D eigenvalue weighted by Gasteiger charge is -2.30. The number of benzene rings is 1. The SMILES string of the molecule is CC(CC(C)(NC1CC1)C(N)=O)Sc1ccc(Cl)cc1. The zero-order valence-electron chi connectivity index (χ0n) is 11.9. The van der Waals surface area contributed by atoms with Gasteiger partial charge in [0.25, 0.3) is 0 Å². The van der Waals surface area contributed by atoms with Crippen LogP contribution in [-0.2, 0) is 4.79 Å². The fourth-order valence-electron chi connectivity index (χ4n) is 2.27. The monoisotopic (exact) mass is 312 g/mol. The molecule has 0 radical (unpaired) electrons. The van der Waals surface area contributed by atoms with Gasteiger partial charge in [-0.1, -0.05) is 18.5 Å². The number of hydrogen-bond donors (Lipinski definition) is 2. The molecule has 1 amide bonds. The number of halogens is 1. The molecule has 0 spiro atoms. The molecule has 0 aromatic heterocycles. The second kappa shape index (κ2) is 6.37. The maximum atomic E-state index is 11.8. The van der Waals surface area contributed by atoms with Gasteiger partial charge in [0.15, 0.2) is 0 Å². The fourth-order valence-corrected chi connectivity index (χ4v) is 3.57. The summed E-state index contributed by atoms with van der Waals surface area (Å²) in [6.45, 7) is 4.03. The molecule has 0 bridgehead atoms. The molecule has 1 fully saturated rings. The van der Waals surface area contributed by atoms with Gasteiger partial charge in [0.1, 0.15) is 0 Å². The largest absolute Gasteiger partial charge is 0.368 e. The van der Waals surface area contributed by atoms with Gasteiger partial charge < -0.3 is 11.1 Å². The smallest absolute Gasteiger partial charge is 0.237 e. The predicted octanol–water partition coefficient (Wildman–Crippen LogP) is 3.21. The average molecular weight is 313 g/mol. The lowest BCUT2D eigenvalue weighted by molar-refractivity contribution is -0.124. The van der Waals surface area contributed by atoms with Gasteiger partial charge in [0.05, 0.1) is 5.54 Å². The van der Waals surface area contributed by atoms with Crippen LogP contribution in [0.2, 0.25) is 5.02 Å². The highest BCUT2D eigenvalue weighted by Gasteiger charge is 2.38. The van der Waals surface area contributed by atoms with Crippen molar-refractivity contribution in [2.24, 2.45) is 5.73 Å². The van der Waals surface area contributed by atoms with Crippen LogP contribution in [-0.4, -0.2) is 22.7 Å². The van der Waals surface area contributed by atoms with Gasteiger partial charge in [-0.15, -0.1) is 11.8 Å². The van der Waals surface area contributed by atoms with Gasteiger partial charge in [-0.2, -0.15) is 0 Å². The molecule has 3 nitrogen and oxygen atoms in total. The number of nitrogens with two attached hydrogens (primary N) is 1. The minimum atomic E-state index is -0.625. The van der Waals surface area contributed by atoms with Crippen molar-refractivity contribution >= 4 is 29.3 Å². The standard InChI is InChI=1S/C15H21ClN2OS/c1-10(20-13-7-3-11(16)4-8-13)9-15(2,14(17)19)18-12-5-6-12/h3-4,7-8,10,12,18H,5-6,9H2,1-2H3,(H2,17,19). The molecule has 1 aliphatic carbocycles. The molecule has 2 unspecified atom stereocenters. The number of carbonyl (C=O) groups is 1. The Hall–Kier alpha value is -0.710. The summed E-state index contributed by atoms with van der Waals surface area (Å²) in [5.41, 5.74) is 4.96. The van der Waals surface area contributed by atoms with E-state index in [0.717, 1.165) is 22.8 Å². The molecule has 5 heteroatoms. The van der Waals surface area contributed by atoms with E-state index in [1.54, 1.807) is 11.8 Å². The molecule has 0 aliphatic heterocycles. The van der Waals surface area contributed by atoms with E-state index in [0.29, 0.717) is 17.7 Å². The zero-order chi connectivity index (χ0) is 14.8. The van der Waals surface area contributed by atoms with Crippen LogP contribution < -0.4 is 11.1 Å². The summed E-state index contributed by atoms with van der Waals surface area (Å²) in [7, 11) is 0. The third kappa shape index (κ3) is 4.40. The summed E-state index contributed by atoms with van der Waals surface area (Å²) in [5, 5.41) is 4.41. The molecule has 2 rings (SSSR count). The van der Waals surface area contributed by atoms with Gasteiger partial charge in [-0.25, -0.2) is 0 Å². The summed E-state index contributed by atoms with van der Waals surface area (Å²) in [5.74, 6) is -0.270. The Bertz CT molecular complexity index is 475. The summed E-state index contributed by atoms with van der Waals surface area (Å²) in [6, 6.07) is 8.22. The molecule has 1 aromatic rings. The molecule has 1 aliphatic rings. The Morgan fingerprint density at radius 2 is 2.10 bits per heavy atom. The first-order valence-corrected chi connectivity index (χ1v) is 8.14. The van der Waals surface area contributed by atoms with Gasteiger partial charge in [0.2, 0.25) is 5.91 Å². The van der Waals surface area contributed by atoms with E-state index < -0.39 is 5.54 Å². The van der Waals surface area contributed by atoms with Crippen molar-refractivity contribution < 1.29 is 4.79 Å². The van der Waals surface area contributed by atoms with Crippen LogP contribution in [0.5, 0.6) is 0 Å². The highest BCUT2D eigenvalue weighted by molar-refractivity contribution is 7.99. The van der Waals surface area contributed by atoms with Crippen molar-refractivity contribution in [3.8, 4) is 0 Å². The summed E-state index contributed by atoms with van der Waals surface area (Å²) in [6.07, 6.45) is 3.00. The average Bonchev–Trinajstić information content (AvgIpc) is 3.15. The number of amides is 1. The van der Waals surface area contributed by atoms with Crippen LogP contribution in [0, 0.1) is 0 Å². The Labute approximate surface area is 129 Å². The van der Waals surface area contributed by atoms with Crippen LogP contribution in [0.3, 0.4) is 0 Å². The first kappa shape index (κ1) is 15.7. The van der Waals surface area contributed by atoms with Crippen molar-refractivity contribution in [1.82, 2.24) is 5.32 Å². The summed E-state index contributed by atoms with van der Waals surface area (Å²) >= 11 is 7.62. The molecule has 110 valence electrons. The van der Waals surface area contributed by atoms with E-state index in [2.05, 4.69) is 12.2 Å². The normalized spacial score (nSPS) is 19.4. The minimum absolute atomic E-state index is 0.270. The molecule has 0 heterocycles. The van der Waals surface area contributed by atoms with Crippen molar-refractivity contribution in [2.75, 3.05) is 0 Å². The van der Waals surface area contributed by atoms with Crippen LogP contribution in [0.25, 0.3) is 0 Å². The van der Waals surface area contributed by atoms with E-state index in [4.69, 9.17) is 17.3 Å². The molecule has 2 atom stereocenters. The van der Waals surface area contributed by atoms with Crippen molar-refractivity contribution in [2.45, 2.75) is 54.8 Å². The maximum Gasteiger partial charge on any atom is 0.237 e. The molecule has 3 N–H and O–H groups in total. The van der Waals surface area contributed by atoms with Gasteiger partial charge in [-0.3, -0.25) is 4.79 Å². The Kier molecular flexibility index (Phi) is 4.99. The van der Waals surface area contributed by atoms with Crippen molar-refractivity contribution in [3.05, 3.63) is 29.3 Å². The topological polar surface area (TPSA) is 55.1 Å².